The van der Waals surface area contributed by atoms with E-state index in [-0.39, 0.29) is 0 Å². The van der Waals surface area contributed by atoms with E-state index in [9.17, 15) is 0 Å². The van der Waals surface area contributed by atoms with Crippen LogP contribution in [0.4, 0.5) is 0 Å². The van der Waals surface area contributed by atoms with Gasteiger partial charge >= 0.3 is 0 Å². The molecule has 1 unspecified atom stereocenters. The normalized spacial score (nSPS) is 14.3. The zero-order valence-electron chi connectivity index (χ0n) is 11.6. The second-order valence-corrected chi connectivity index (χ2v) is 6.84. The molecule has 0 radical (unpaired) electrons. The first-order valence-electron chi connectivity index (χ1n) is 6.71. The Morgan fingerprint density at radius 1 is 1.11 bits per heavy atom. The van der Waals surface area contributed by atoms with Crippen LogP contribution in [0.5, 0.6) is 0 Å². The molecular formula is C16H20BrNS. The predicted molar refractivity (Wildman–Crippen MR) is 87.8 cm³/mol. The SMILES string of the molecule is CCc1ccc(C(C)N[C@@H](C)c2ccccc2Br)s1. The maximum atomic E-state index is 3.67. The smallest absolute Gasteiger partial charge is 0.0391 e. The van der Waals surface area contributed by atoms with Crippen LogP contribution in [0.2, 0.25) is 0 Å². The van der Waals surface area contributed by atoms with Crippen LogP contribution in [0.25, 0.3) is 0 Å². The van der Waals surface area contributed by atoms with Gasteiger partial charge in [-0.3, -0.25) is 0 Å². The van der Waals surface area contributed by atoms with Crippen LogP contribution in [-0.4, -0.2) is 0 Å². The van der Waals surface area contributed by atoms with Gasteiger partial charge in [0, 0.05) is 26.3 Å². The Kier molecular flexibility index (Phi) is 5.20. The molecule has 1 aromatic heterocycles. The third kappa shape index (κ3) is 3.68. The van der Waals surface area contributed by atoms with Crippen molar-refractivity contribution >= 4 is 27.3 Å². The Labute approximate surface area is 128 Å². The van der Waals surface area contributed by atoms with E-state index in [2.05, 4.69) is 78.4 Å². The van der Waals surface area contributed by atoms with Gasteiger partial charge in [0.15, 0.2) is 0 Å². The molecule has 2 aromatic rings. The minimum Gasteiger partial charge on any atom is -0.303 e. The average molecular weight is 338 g/mol. The molecule has 0 bridgehead atoms. The molecule has 102 valence electrons. The Hall–Kier alpha value is -0.640. The Bertz CT molecular complexity index is 535. The van der Waals surface area contributed by atoms with E-state index in [0.717, 1.165) is 6.42 Å². The number of halogens is 1. The molecule has 1 heterocycles. The number of hydrogen-bond acceptors (Lipinski definition) is 2. The van der Waals surface area contributed by atoms with Crippen molar-refractivity contribution in [2.24, 2.45) is 0 Å². The summed E-state index contributed by atoms with van der Waals surface area (Å²) in [6.45, 7) is 6.65. The molecule has 0 amide bonds. The summed E-state index contributed by atoms with van der Waals surface area (Å²) in [5.41, 5.74) is 1.31. The number of hydrogen-bond donors (Lipinski definition) is 1. The molecular weight excluding hydrogens is 318 g/mol. The predicted octanol–water partition coefficient (Wildman–Crippen LogP) is 5.48. The van der Waals surface area contributed by atoms with E-state index in [1.165, 1.54) is 19.8 Å². The van der Waals surface area contributed by atoms with Gasteiger partial charge in [0.2, 0.25) is 0 Å². The minimum atomic E-state index is 0.331. The highest BCUT2D eigenvalue weighted by atomic mass is 79.9. The van der Waals surface area contributed by atoms with Crippen LogP contribution in [0.15, 0.2) is 40.9 Å². The Morgan fingerprint density at radius 3 is 2.47 bits per heavy atom. The van der Waals surface area contributed by atoms with Crippen molar-refractivity contribution in [1.82, 2.24) is 5.32 Å². The van der Waals surface area contributed by atoms with E-state index >= 15 is 0 Å². The number of rotatable bonds is 5. The molecule has 0 saturated heterocycles. The largest absolute Gasteiger partial charge is 0.303 e. The lowest BCUT2D eigenvalue weighted by Gasteiger charge is -2.20. The van der Waals surface area contributed by atoms with E-state index < -0.39 is 0 Å². The lowest BCUT2D eigenvalue weighted by atomic mass is 10.1. The summed E-state index contributed by atoms with van der Waals surface area (Å²) in [5, 5.41) is 3.67. The van der Waals surface area contributed by atoms with Gasteiger partial charge in [0.25, 0.3) is 0 Å². The van der Waals surface area contributed by atoms with Crippen LogP contribution in [-0.2, 0) is 6.42 Å². The summed E-state index contributed by atoms with van der Waals surface area (Å²) < 4.78 is 1.17. The molecule has 0 aliphatic rings. The van der Waals surface area contributed by atoms with Crippen LogP contribution < -0.4 is 5.32 Å². The maximum absolute atomic E-state index is 3.67. The highest BCUT2D eigenvalue weighted by Crippen LogP contribution is 2.28. The summed E-state index contributed by atoms with van der Waals surface area (Å²) in [6, 6.07) is 13.6. The fourth-order valence-electron chi connectivity index (χ4n) is 2.19. The van der Waals surface area contributed by atoms with Gasteiger partial charge in [0.1, 0.15) is 0 Å². The van der Waals surface area contributed by atoms with Crippen molar-refractivity contribution in [3.05, 3.63) is 56.2 Å². The van der Waals surface area contributed by atoms with Gasteiger partial charge in [-0.1, -0.05) is 41.1 Å². The van der Waals surface area contributed by atoms with Gasteiger partial charge < -0.3 is 5.32 Å². The van der Waals surface area contributed by atoms with E-state index in [4.69, 9.17) is 0 Å². The standard InChI is InChI=1S/C16H20BrNS/c1-4-13-9-10-16(19-13)12(3)18-11(2)14-7-5-6-8-15(14)17/h5-12,18H,4H2,1-3H3/t11-,12?/m0/s1. The van der Waals surface area contributed by atoms with Crippen molar-refractivity contribution < 1.29 is 0 Å². The molecule has 2 atom stereocenters. The number of aryl methyl sites for hydroxylation is 1. The highest BCUT2D eigenvalue weighted by Gasteiger charge is 2.14. The lowest BCUT2D eigenvalue weighted by Crippen LogP contribution is -2.22. The molecule has 0 spiro atoms. The quantitative estimate of drug-likeness (QED) is 0.761. The lowest BCUT2D eigenvalue weighted by molar-refractivity contribution is 0.499. The van der Waals surface area contributed by atoms with E-state index in [1.54, 1.807) is 0 Å². The highest BCUT2D eigenvalue weighted by molar-refractivity contribution is 9.10. The molecule has 1 nitrogen and oxygen atoms in total. The van der Waals surface area contributed by atoms with Crippen LogP contribution in [0.1, 0.15) is 48.2 Å². The van der Waals surface area contributed by atoms with Crippen LogP contribution in [0.3, 0.4) is 0 Å². The molecule has 2 rings (SSSR count). The second-order valence-electron chi connectivity index (χ2n) is 4.79. The molecule has 0 saturated carbocycles. The number of benzene rings is 1. The summed E-state index contributed by atoms with van der Waals surface area (Å²) in [5.74, 6) is 0. The van der Waals surface area contributed by atoms with Gasteiger partial charge in [-0.25, -0.2) is 0 Å². The monoisotopic (exact) mass is 337 g/mol. The zero-order chi connectivity index (χ0) is 13.8. The molecule has 3 heteroatoms. The first kappa shape index (κ1) is 14.8. The van der Waals surface area contributed by atoms with Gasteiger partial charge in [-0.15, -0.1) is 11.3 Å². The van der Waals surface area contributed by atoms with Gasteiger partial charge in [-0.2, -0.15) is 0 Å². The molecule has 0 aliphatic carbocycles. The van der Waals surface area contributed by atoms with E-state index in [1.807, 2.05) is 11.3 Å². The minimum absolute atomic E-state index is 0.331. The zero-order valence-corrected chi connectivity index (χ0v) is 14.0. The van der Waals surface area contributed by atoms with Gasteiger partial charge in [0.05, 0.1) is 0 Å². The molecule has 0 aliphatic heterocycles. The third-order valence-corrected chi connectivity index (χ3v) is 5.46. The summed E-state index contributed by atoms with van der Waals surface area (Å²) in [4.78, 5) is 2.87. The number of nitrogens with one attached hydrogen (secondary N) is 1. The summed E-state index contributed by atoms with van der Waals surface area (Å²) in [6.07, 6.45) is 1.12. The summed E-state index contributed by atoms with van der Waals surface area (Å²) in [7, 11) is 0. The fourth-order valence-corrected chi connectivity index (χ4v) is 3.78. The average Bonchev–Trinajstić information content (AvgIpc) is 2.88. The first-order valence-corrected chi connectivity index (χ1v) is 8.31. The third-order valence-electron chi connectivity index (χ3n) is 3.33. The van der Waals surface area contributed by atoms with E-state index in [0.29, 0.717) is 12.1 Å². The Morgan fingerprint density at radius 2 is 1.84 bits per heavy atom. The van der Waals surface area contributed by atoms with Gasteiger partial charge in [-0.05, 0) is 44.0 Å². The molecule has 1 N–H and O–H groups in total. The second kappa shape index (κ2) is 6.69. The number of thiophene rings is 1. The Balaban J connectivity index is 2.06. The first-order chi connectivity index (χ1) is 9.11. The maximum Gasteiger partial charge on any atom is 0.0391 e. The molecule has 1 aromatic carbocycles. The van der Waals surface area contributed by atoms with Crippen molar-refractivity contribution in [3.63, 3.8) is 0 Å². The van der Waals surface area contributed by atoms with Crippen LogP contribution >= 0.6 is 27.3 Å². The summed E-state index contributed by atoms with van der Waals surface area (Å²) >= 11 is 5.53. The van der Waals surface area contributed by atoms with Crippen molar-refractivity contribution in [1.29, 1.82) is 0 Å². The fraction of sp³-hybridized carbons (Fsp3) is 0.375. The van der Waals surface area contributed by atoms with Crippen molar-refractivity contribution in [3.8, 4) is 0 Å². The van der Waals surface area contributed by atoms with Crippen LogP contribution in [0, 0.1) is 0 Å². The van der Waals surface area contributed by atoms with Crippen molar-refractivity contribution in [2.75, 3.05) is 0 Å². The molecule has 0 fully saturated rings. The topological polar surface area (TPSA) is 12.0 Å². The molecule has 19 heavy (non-hydrogen) atoms. The van der Waals surface area contributed by atoms with Crippen molar-refractivity contribution in [2.45, 2.75) is 39.3 Å².